The molecule has 0 fully saturated rings. The van der Waals surface area contributed by atoms with Crippen LogP contribution in [0.2, 0.25) is 5.02 Å². The Morgan fingerprint density at radius 3 is 2.50 bits per heavy atom. The van der Waals surface area contributed by atoms with Crippen molar-refractivity contribution in [2.24, 2.45) is 0 Å². The zero-order chi connectivity index (χ0) is 23.8. The Labute approximate surface area is 203 Å². The van der Waals surface area contributed by atoms with Crippen molar-refractivity contribution in [3.63, 3.8) is 0 Å². The van der Waals surface area contributed by atoms with E-state index in [4.69, 9.17) is 21.1 Å². The van der Waals surface area contributed by atoms with Gasteiger partial charge in [0.25, 0.3) is 0 Å². The third-order valence-corrected chi connectivity index (χ3v) is 5.58. The molecule has 7 heteroatoms. The number of ether oxygens (including phenoxy) is 2. The molecule has 34 heavy (non-hydrogen) atoms. The molecule has 1 heterocycles. The number of halogens is 1. The number of nitrogens with zero attached hydrogens (tertiary/aromatic N) is 1. The van der Waals surface area contributed by atoms with Crippen LogP contribution in [0.25, 0.3) is 10.9 Å². The lowest BCUT2D eigenvalue weighted by Gasteiger charge is -2.19. The van der Waals surface area contributed by atoms with Gasteiger partial charge in [-0.15, -0.1) is 0 Å². The van der Waals surface area contributed by atoms with Gasteiger partial charge in [0.2, 0.25) is 0 Å². The molecule has 3 N–H and O–H groups in total. The van der Waals surface area contributed by atoms with Crippen molar-refractivity contribution in [3.05, 3.63) is 95.6 Å². The first-order chi connectivity index (χ1) is 16.6. The molecule has 0 bridgehead atoms. The molecule has 176 valence electrons. The van der Waals surface area contributed by atoms with E-state index in [1.165, 1.54) is 0 Å². The Morgan fingerprint density at radius 1 is 0.941 bits per heavy atom. The Kier molecular flexibility index (Phi) is 8.33. The normalized spacial score (nSPS) is 12.9. The van der Waals surface area contributed by atoms with Crippen LogP contribution in [0.3, 0.4) is 0 Å². The minimum absolute atomic E-state index is 0.0456. The van der Waals surface area contributed by atoms with Gasteiger partial charge in [-0.05, 0) is 60.5 Å². The number of hydrogen-bond donors (Lipinski definition) is 3. The maximum absolute atomic E-state index is 10.2. The van der Waals surface area contributed by atoms with E-state index in [1.807, 2.05) is 72.8 Å². The summed E-state index contributed by atoms with van der Waals surface area (Å²) in [6, 6.07) is 24.2. The molecule has 0 saturated heterocycles. The summed E-state index contributed by atoms with van der Waals surface area (Å²) in [5.41, 5.74) is 1.81. The van der Waals surface area contributed by atoms with Gasteiger partial charge in [-0.25, -0.2) is 0 Å². The van der Waals surface area contributed by atoms with E-state index in [-0.39, 0.29) is 19.3 Å². The Hall–Kier alpha value is -3.16. The predicted octanol–water partition coefficient (Wildman–Crippen LogP) is 4.61. The van der Waals surface area contributed by atoms with E-state index in [9.17, 15) is 10.2 Å². The van der Waals surface area contributed by atoms with Gasteiger partial charge in [0.15, 0.2) is 0 Å². The minimum atomic E-state index is -0.685. The highest BCUT2D eigenvalue weighted by molar-refractivity contribution is 6.31. The molecule has 0 aliphatic rings. The van der Waals surface area contributed by atoms with Crippen molar-refractivity contribution in [2.45, 2.75) is 18.6 Å². The average molecular weight is 479 g/mol. The lowest BCUT2D eigenvalue weighted by Crippen LogP contribution is -2.41. The summed E-state index contributed by atoms with van der Waals surface area (Å²) in [5.74, 6) is 2.12. The largest absolute Gasteiger partial charge is 0.491 e. The number of benzene rings is 3. The number of aromatic nitrogens is 1. The van der Waals surface area contributed by atoms with Crippen LogP contribution in [0.1, 0.15) is 5.56 Å². The molecule has 4 rings (SSSR count). The van der Waals surface area contributed by atoms with Crippen LogP contribution in [0.4, 0.5) is 0 Å². The molecule has 0 saturated carbocycles. The fourth-order valence-corrected chi connectivity index (χ4v) is 3.73. The molecule has 0 radical (unpaired) electrons. The summed E-state index contributed by atoms with van der Waals surface area (Å²) >= 11 is 6.06. The second-order valence-corrected chi connectivity index (χ2v) is 8.42. The monoisotopic (exact) mass is 478 g/mol. The van der Waals surface area contributed by atoms with Crippen LogP contribution >= 0.6 is 11.6 Å². The zero-order valence-corrected chi connectivity index (χ0v) is 19.4. The van der Waals surface area contributed by atoms with Gasteiger partial charge < -0.3 is 25.0 Å². The molecule has 4 aromatic rings. The first kappa shape index (κ1) is 24.0. The van der Waals surface area contributed by atoms with E-state index >= 15 is 0 Å². The Morgan fingerprint density at radius 2 is 1.74 bits per heavy atom. The van der Waals surface area contributed by atoms with Gasteiger partial charge in [0.05, 0.1) is 12.1 Å². The second kappa shape index (κ2) is 11.8. The molecule has 1 aromatic heterocycles. The molecule has 2 atom stereocenters. The summed E-state index contributed by atoms with van der Waals surface area (Å²) in [6.45, 7) is 0.450. The van der Waals surface area contributed by atoms with Crippen LogP contribution in [0, 0.1) is 0 Å². The number of fused-ring (bicyclic) bond motifs is 1. The van der Waals surface area contributed by atoms with Gasteiger partial charge in [0.1, 0.15) is 30.0 Å². The highest BCUT2D eigenvalue weighted by Gasteiger charge is 2.12. The fourth-order valence-electron chi connectivity index (χ4n) is 3.56. The summed E-state index contributed by atoms with van der Waals surface area (Å²) in [6.07, 6.45) is 1.62. The minimum Gasteiger partial charge on any atom is -0.491 e. The van der Waals surface area contributed by atoms with Crippen molar-refractivity contribution in [1.29, 1.82) is 0 Å². The summed E-state index contributed by atoms with van der Waals surface area (Å²) in [7, 11) is 0. The van der Waals surface area contributed by atoms with Crippen molar-refractivity contribution < 1.29 is 19.7 Å². The number of rotatable bonds is 11. The van der Waals surface area contributed by atoms with Crippen LogP contribution in [-0.4, -0.2) is 47.1 Å². The molecule has 0 aliphatic carbocycles. The molecule has 3 aromatic carbocycles. The van der Waals surface area contributed by atoms with E-state index < -0.39 is 6.10 Å². The van der Waals surface area contributed by atoms with Gasteiger partial charge in [-0.3, -0.25) is 4.98 Å². The average Bonchev–Trinajstić information content (AvgIpc) is 2.87. The van der Waals surface area contributed by atoms with Gasteiger partial charge in [-0.2, -0.15) is 0 Å². The molecule has 0 aliphatic heterocycles. The number of aliphatic hydroxyl groups is 2. The second-order valence-electron chi connectivity index (χ2n) is 7.99. The SMILES string of the molecule is OC[C@H](Cc1ccc(Oc2ccnc3cc(Cl)ccc23)cc1)NC[C@H](O)COc1ccccc1. The highest BCUT2D eigenvalue weighted by atomic mass is 35.5. The standard InChI is InChI=1S/C27H27ClN2O4/c28-20-8-11-25-26(15-20)29-13-12-27(25)34-24-9-6-19(7-10-24)14-21(17-31)30-16-22(32)18-33-23-4-2-1-3-5-23/h1-13,15,21-22,30-32H,14,16-18H2/t21-,22-/m0/s1. The van der Waals surface area contributed by atoms with Crippen LogP contribution < -0.4 is 14.8 Å². The molecule has 0 spiro atoms. The smallest absolute Gasteiger partial charge is 0.138 e. The van der Waals surface area contributed by atoms with E-state index in [0.717, 1.165) is 16.5 Å². The first-order valence-electron chi connectivity index (χ1n) is 11.1. The molecule has 0 amide bonds. The Bertz CT molecular complexity index is 1190. The topological polar surface area (TPSA) is 83.8 Å². The first-order valence-corrected chi connectivity index (χ1v) is 11.5. The highest BCUT2D eigenvalue weighted by Crippen LogP contribution is 2.30. The maximum Gasteiger partial charge on any atom is 0.138 e. The van der Waals surface area contributed by atoms with Crippen molar-refractivity contribution >= 4 is 22.5 Å². The van der Waals surface area contributed by atoms with E-state index in [2.05, 4.69) is 10.3 Å². The van der Waals surface area contributed by atoms with Crippen LogP contribution in [0.15, 0.2) is 85.1 Å². The van der Waals surface area contributed by atoms with Gasteiger partial charge >= 0.3 is 0 Å². The van der Waals surface area contributed by atoms with E-state index in [0.29, 0.717) is 35.2 Å². The third-order valence-electron chi connectivity index (χ3n) is 5.35. The van der Waals surface area contributed by atoms with Crippen molar-refractivity contribution in [2.75, 3.05) is 19.8 Å². The fraction of sp³-hybridized carbons (Fsp3) is 0.222. The molecular formula is C27H27ClN2O4. The number of hydrogen-bond acceptors (Lipinski definition) is 6. The van der Waals surface area contributed by atoms with Crippen molar-refractivity contribution in [3.8, 4) is 17.2 Å². The summed E-state index contributed by atoms with van der Waals surface area (Å²) in [4.78, 5) is 4.34. The Balaban J connectivity index is 1.29. The number of pyridine rings is 1. The van der Waals surface area contributed by atoms with Crippen LogP contribution in [0.5, 0.6) is 17.2 Å². The van der Waals surface area contributed by atoms with Crippen molar-refractivity contribution in [1.82, 2.24) is 10.3 Å². The quantitative estimate of drug-likeness (QED) is 0.292. The van der Waals surface area contributed by atoms with Gasteiger partial charge in [0, 0.05) is 29.2 Å². The predicted molar refractivity (Wildman–Crippen MR) is 134 cm³/mol. The summed E-state index contributed by atoms with van der Waals surface area (Å²) < 4.78 is 11.6. The van der Waals surface area contributed by atoms with E-state index in [1.54, 1.807) is 12.3 Å². The molecule has 6 nitrogen and oxygen atoms in total. The number of aliphatic hydroxyl groups excluding tert-OH is 2. The lowest BCUT2D eigenvalue weighted by atomic mass is 10.1. The summed E-state index contributed by atoms with van der Waals surface area (Å²) in [5, 5.41) is 24.7. The molecular weight excluding hydrogens is 452 g/mol. The van der Waals surface area contributed by atoms with Crippen LogP contribution in [-0.2, 0) is 6.42 Å². The molecule has 0 unspecified atom stereocenters. The lowest BCUT2D eigenvalue weighted by molar-refractivity contribution is 0.0997. The number of para-hydroxylation sites is 1. The zero-order valence-electron chi connectivity index (χ0n) is 18.6. The maximum atomic E-state index is 10.2. The number of nitrogens with one attached hydrogen (secondary N) is 1. The van der Waals surface area contributed by atoms with Gasteiger partial charge in [-0.1, -0.05) is 41.9 Å². The third kappa shape index (κ3) is 6.68.